The second-order valence-corrected chi connectivity index (χ2v) is 4.01. The van der Waals surface area contributed by atoms with Crippen molar-refractivity contribution in [1.82, 2.24) is 0 Å². The van der Waals surface area contributed by atoms with E-state index in [9.17, 15) is 0 Å². The van der Waals surface area contributed by atoms with Crippen LogP contribution >= 0.6 is 15.9 Å². The molecule has 1 aromatic carbocycles. The van der Waals surface area contributed by atoms with Gasteiger partial charge in [-0.05, 0) is 53.5 Å². The fraction of sp³-hybridized carbons (Fsp3) is 0.333. The van der Waals surface area contributed by atoms with E-state index in [-0.39, 0.29) is 0 Å². The molecule has 0 aliphatic heterocycles. The van der Waals surface area contributed by atoms with Gasteiger partial charge in [-0.1, -0.05) is 29.1 Å². The van der Waals surface area contributed by atoms with E-state index in [1.54, 1.807) is 0 Å². The summed E-state index contributed by atoms with van der Waals surface area (Å²) in [6.07, 6.45) is 0. The predicted molar refractivity (Wildman–Crippen MR) is 63.6 cm³/mol. The first-order valence-electron chi connectivity index (χ1n) is 4.33. The zero-order chi connectivity index (χ0) is 10.2. The fourth-order valence-electron chi connectivity index (χ4n) is 1.55. The summed E-state index contributed by atoms with van der Waals surface area (Å²) < 4.78 is 0. The van der Waals surface area contributed by atoms with Gasteiger partial charge in [-0.3, -0.25) is 0 Å². The highest BCUT2D eigenvalue weighted by Crippen LogP contribution is 2.06. The number of hydrogen-bond acceptors (Lipinski definition) is 0. The van der Waals surface area contributed by atoms with Crippen molar-refractivity contribution in [2.24, 2.45) is 0 Å². The van der Waals surface area contributed by atoms with E-state index in [0.29, 0.717) is 0 Å². The van der Waals surface area contributed by atoms with Crippen LogP contribution in [0, 0.1) is 20.8 Å². The van der Waals surface area contributed by atoms with Gasteiger partial charge in [0.15, 0.2) is 0 Å². The molecule has 0 spiro atoms. The largest absolute Gasteiger partial charge is 0.0912 e. The highest BCUT2D eigenvalue weighted by Gasteiger charge is 2.05. The molecule has 0 unspecified atom stereocenters. The molecule has 0 amide bonds. The Morgan fingerprint density at radius 3 is 1.85 bits per heavy atom. The number of rotatable bonds is 1. The third-order valence-corrected chi connectivity index (χ3v) is 3.43. The lowest BCUT2D eigenvalue weighted by molar-refractivity contribution is 1.17. The van der Waals surface area contributed by atoms with E-state index < -0.39 is 0 Å². The van der Waals surface area contributed by atoms with Crippen LogP contribution in [0.2, 0.25) is 0 Å². The van der Waals surface area contributed by atoms with E-state index in [0.717, 1.165) is 15.8 Å². The Hall–Kier alpha value is -0.560. The molecule has 1 heteroatoms. The number of halogens is 1. The molecule has 0 fully saturated rings. The highest BCUT2D eigenvalue weighted by molar-refractivity contribution is 9.08. The Morgan fingerprint density at radius 2 is 1.38 bits per heavy atom. The lowest BCUT2D eigenvalue weighted by Crippen LogP contribution is -2.23. The van der Waals surface area contributed by atoms with Crippen molar-refractivity contribution in [3.05, 3.63) is 32.7 Å². The quantitative estimate of drug-likeness (QED) is 0.660. The van der Waals surface area contributed by atoms with Crippen molar-refractivity contribution >= 4 is 29.1 Å². The van der Waals surface area contributed by atoms with Crippen molar-refractivity contribution in [3.8, 4) is 0 Å². The first-order chi connectivity index (χ1) is 6.00. The fourth-order valence-corrected chi connectivity index (χ4v) is 2.31. The molecular weight excluding hydrogens is 224 g/mol. The van der Waals surface area contributed by atoms with Gasteiger partial charge in [0.05, 0.1) is 0 Å². The molecule has 1 aromatic rings. The second kappa shape index (κ2) is 3.67. The maximum atomic E-state index is 4.10. The lowest BCUT2D eigenvalue weighted by Gasteiger charge is -2.10. The molecule has 0 aromatic heterocycles. The second-order valence-electron chi connectivity index (χ2n) is 3.44. The molecule has 0 saturated heterocycles. The van der Waals surface area contributed by atoms with Crippen LogP contribution in [0.4, 0.5) is 0 Å². The van der Waals surface area contributed by atoms with Crippen LogP contribution in [-0.4, -0.2) is 0 Å². The minimum atomic E-state index is 0.862. The third kappa shape index (κ3) is 1.58. The van der Waals surface area contributed by atoms with Gasteiger partial charge < -0.3 is 0 Å². The van der Waals surface area contributed by atoms with Crippen molar-refractivity contribution in [1.29, 1.82) is 0 Å². The summed E-state index contributed by atoms with van der Waals surface area (Å²) >= 11 is 3.48. The zero-order valence-electron chi connectivity index (χ0n) is 8.50. The summed E-state index contributed by atoms with van der Waals surface area (Å²) in [5, 5.41) is 3.17. The summed E-state index contributed by atoms with van der Waals surface area (Å²) in [7, 11) is 0. The van der Waals surface area contributed by atoms with Crippen LogP contribution in [0.1, 0.15) is 22.3 Å². The smallest absolute Gasteiger partial charge is 0.0291 e. The number of alkyl halides is 1. The SMILES string of the molecule is C=c1c(C)c(C)c(=C)c(CBr)c1C. The molecule has 0 N–H and O–H groups in total. The summed E-state index contributed by atoms with van der Waals surface area (Å²) in [5.41, 5.74) is 5.09. The molecule has 13 heavy (non-hydrogen) atoms. The third-order valence-electron chi connectivity index (χ3n) is 2.87. The zero-order valence-corrected chi connectivity index (χ0v) is 10.1. The Balaban J connectivity index is 3.78. The van der Waals surface area contributed by atoms with Crippen molar-refractivity contribution in [3.63, 3.8) is 0 Å². The van der Waals surface area contributed by atoms with Gasteiger partial charge in [0.2, 0.25) is 0 Å². The Kier molecular flexibility index (Phi) is 2.97. The predicted octanol–water partition coefficient (Wildman–Crippen LogP) is 2.33. The van der Waals surface area contributed by atoms with Crippen LogP contribution in [0.15, 0.2) is 0 Å². The minimum absolute atomic E-state index is 0.862. The standard InChI is InChI=1S/C12H15Br/c1-7-8(2)10(4)12(6-13)11(5)9(7)3/h2,5-6H2,1,3-4H3. The summed E-state index contributed by atoms with van der Waals surface area (Å²) in [4.78, 5) is 0. The Morgan fingerprint density at radius 1 is 0.923 bits per heavy atom. The molecule has 0 atom stereocenters. The minimum Gasteiger partial charge on any atom is -0.0912 e. The van der Waals surface area contributed by atoms with E-state index >= 15 is 0 Å². The van der Waals surface area contributed by atoms with E-state index in [1.807, 2.05) is 0 Å². The summed E-state index contributed by atoms with van der Waals surface area (Å²) in [6.45, 7) is 14.5. The van der Waals surface area contributed by atoms with Gasteiger partial charge in [0.1, 0.15) is 0 Å². The topological polar surface area (TPSA) is 0 Å². The van der Waals surface area contributed by atoms with Gasteiger partial charge in [0.25, 0.3) is 0 Å². The van der Waals surface area contributed by atoms with E-state index in [4.69, 9.17) is 0 Å². The number of hydrogen-bond donors (Lipinski definition) is 0. The molecule has 0 bridgehead atoms. The number of benzene rings is 1. The van der Waals surface area contributed by atoms with Crippen molar-refractivity contribution < 1.29 is 0 Å². The molecular formula is C12H15Br. The van der Waals surface area contributed by atoms with Gasteiger partial charge >= 0.3 is 0 Å². The maximum absolute atomic E-state index is 4.10. The Bertz CT molecular complexity index is 430. The van der Waals surface area contributed by atoms with Gasteiger partial charge in [-0.15, -0.1) is 0 Å². The monoisotopic (exact) mass is 238 g/mol. The molecule has 0 saturated carbocycles. The lowest BCUT2D eigenvalue weighted by atomic mass is 9.97. The maximum Gasteiger partial charge on any atom is 0.0291 e. The molecule has 0 nitrogen and oxygen atoms in total. The Labute approximate surface area is 88.1 Å². The van der Waals surface area contributed by atoms with Gasteiger partial charge in [0, 0.05) is 5.33 Å². The molecule has 1 rings (SSSR count). The van der Waals surface area contributed by atoms with E-state index in [1.165, 1.54) is 22.3 Å². The highest BCUT2D eigenvalue weighted by atomic mass is 79.9. The normalized spacial score (nSPS) is 10.5. The van der Waals surface area contributed by atoms with Crippen LogP contribution in [-0.2, 0) is 5.33 Å². The van der Waals surface area contributed by atoms with Crippen LogP contribution < -0.4 is 10.4 Å². The molecule has 0 aliphatic carbocycles. The van der Waals surface area contributed by atoms with Crippen molar-refractivity contribution in [2.45, 2.75) is 26.1 Å². The van der Waals surface area contributed by atoms with Crippen LogP contribution in [0.5, 0.6) is 0 Å². The summed E-state index contributed by atoms with van der Waals surface area (Å²) in [5.74, 6) is 0. The first kappa shape index (κ1) is 10.5. The molecule has 0 aliphatic rings. The molecule has 0 heterocycles. The van der Waals surface area contributed by atoms with Crippen LogP contribution in [0.25, 0.3) is 13.2 Å². The average molecular weight is 239 g/mol. The van der Waals surface area contributed by atoms with Crippen molar-refractivity contribution in [2.75, 3.05) is 0 Å². The van der Waals surface area contributed by atoms with Crippen LogP contribution in [0.3, 0.4) is 0 Å². The molecule has 70 valence electrons. The first-order valence-corrected chi connectivity index (χ1v) is 5.45. The van der Waals surface area contributed by atoms with E-state index in [2.05, 4.69) is 49.9 Å². The van der Waals surface area contributed by atoms with Gasteiger partial charge in [-0.2, -0.15) is 0 Å². The summed E-state index contributed by atoms with van der Waals surface area (Å²) in [6, 6.07) is 0. The van der Waals surface area contributed by atoms with Gasteiger partial charge in [-0.25, -0.2) is 0 Å². The molecule has 0 radical (unpaired) electrons. The average Bonchev–Trinajstić information content (AvgIpc) is 2.13.